The fourth-order valence-corrected chi connectivity index (χ4v) is 2.62. The van der Waals surface area contributed by atoms with Crippen molar-refractivity contribution < 1.29 is 103 Å². The lowest BCUT2D eigenvalue weighted by molar-refractivity contribution is -0.445. The zero-order chi connectivity index (χ0) is 28.9. The Morgan fingerprint density at radius 1 is 0.441 bits per heavy atom. The molecule has 210 valence electrons. The molecule has 0 aliphatic carbocycles. The minimum atomic E-state index is -13.6. The van der Waals surface area contributed by atoms with Gasteiger partial charge in [0.05, 0.1) is 0 Å². The molecule has 0 spiro atoms. The Bertz CT molecular complexity index is 928. The zero-order valence-electron chi connectivity index (χ0n) is 14.0. The SMILES string of the molecule is O=S(=O)(O)C(F)(F)C(F)(F)C(F)(F)C(F)(F)C(F)(F)C(F)(F)C(F)(F)C(F)(F)S(F)(F)(F)(F)F. The van der Waals surface area contributed by atoms with E-state index in [-0.39, 0.29) is 0 Å². The van der Waals surface area contributed by atoms with Gasteiger partial charge in [-0.15, -0.1) is 0 Å². The van der Waals surface area contributed by atoms with Crippen molar-refractivity contribution in [1.29, 1.82) is 0 Å². The quantitative estimate of drug-likeness (QED) is 0.223. The summed E-state index contributed by atoms with van der Waals surface area (Å²) in [6, 6.07) is 0. The molecule has 26 heteroatoms. The van der Waals surface area contributed by atoms with Gasteiger partial charge in [0.15, 0.2) is 0 Å². The predicted octanol–water partition coefficient (Wildman–Crippen LogP) is 7.17. The largest absolute Gasteiger partial charge is 0.450 e. The molecule has 0 aromatic carbocycles. The van der Waals surface area contributed by atoms with E-state index in [0.717, 1.165) is 0 Å². The molecule has 0 aromatic heterocycles. The summed E-state index contributed by atoms with van der Waals surface area (Å²) in [5.41, 5.74) is 0. The van der Waals surface area contributed by atoms with Crippen molar-refractivity contribution in [2.75, 3.05) is 0 Å². The maximum absolute atomic E-state index is 13.6. The number of alkyl halides is 16. The molecular weight excluding hydrogens is 607 g/mol. The van der Waals surface area contributed by atoms with Crippen LogP contribution < -0.4 is 0 Å². The van der Waals surface area contributed by atoms with Crippen LogP contribution in [0.5, 0.6) is 0 Å². The second-order valence-corrected chi connectivity index (χ2v) is 9.84. The predicted molar refractivity (Wildman–Crippen MR) is 64.3 cm³/mol. The van der Waals surface area contributed by atoms with Crippen molar-refractivity contribution in [3.63, 3.8) is 0 Å². The van der Waals surface area contributed by atoms with Crippen LogP contribution in [0.2, 0.25) is 0 Å². The molecule has 3 nitrogen and oxygen atoms in total. The average molecular weight is 608 g/mol. The Morgan fingerprint density at radius 3 is 0.853 bits per heavy atom. The molecule has 0 aliphatic rings. The normalized spacial score (nSPS) is 19.0. The second-order valence-electron chi connectivity index (χ2n) is 5.92. The van der Waals surface area contributed by atoms with Gasteiger partial charge in [0.25, 0.3) is 0 Å². The highest BCUT2D eigenvalue weighted by Crippen LogP contribution is 3.06. The first kappa shape index (κ1) is 32.8. The third kappa shape index (κ3) is 3.71. The maximum atomic E-state index is 13.2. The Kier molecular flexibility index (Phi) is 6.32. The smallest absolute Gasteiger partial charge is 0.281 e. The molecule has 0 rings (SSSR count). The summed E-state index contributed by atoms with van der Waals surface area (Å²) < 4.78 is 295. The first-order valence-corrected chi connectivity index (χ1v) is 9.86. The summed E-state index contributed by atoms with van der Waals surface area (Å²) in [5.74, 6) is -55.9. The monoisotopic (exact) mass is 608 g/mol. The minimum Gasteiger partial charge on any atom is -0.281 e. The van der Waals surface area contributed by atoms with Crippen molar-refractivity contribution in [1.82, 2.24) is 0 Å². The van der Waals surface area contributed by atoms with E-state index in [1.165, 1.54) is 0 Å². The summed E-state index contributed by atoms with van der Waals surface area (Å²) in [6.07, 6.45) is 0. The fourth-order valence-electron chi connectivity index (χ4n) is 1.56. The lowest BCUT2D eigenvalue weighted by Crippen LogP contribution is -2.75. The molecule has 34 heavy (non-hydrogen) atoms. The molecule has 0 fully saturated rings. The summed E-state index contributed by atoms with van der Waals surface area (Å²) in [4.78, 5) is 0. The summed E-state index contributed by atoms with van der Waals surface area (Å²) in [5, 5.41) is -17.9. The number of halogens is 21. The zero-order valence-corrected chi connectivity index (χ0v) is 15.7. The van der Waals surface area contributed by atoms with Crippen LogP contribution in [0.3, 0.4) is 0 Å². The molecule has 0 saturated carbocycles. The standard InChI is InChI=1S/C8HF21O3S2/c9-1(10,3(13,14)5(17,18)7(21,22)33(30,31)32)2(11,12)4(15,16)6(19,20)8(23,24)34(25,26,27,28)29/h(H,30,31,32). The topological polar surface area (TPSA) is 54.4 Å². The van der Waals surface area contributed by atoms with Gasteiger partial charge in [-0.2, -0.15) is 78.7 Å². The van der Waals surface area contributed by atoms with E-state index in [1.54, 1.807) is 0 Å². The van der Waals surface area contributed by atoms with Crippen LogP contribution in [0.15, 0.2) is 0 Å². The van der Waals surface area contributed by atoms with Crippen LogP contribution in [0.25, 0.3) is 0 Å². The Balaban J connectivity index is 7.28. The van der Waals surface area contributed by atoms with Crippen molar-refractivity contribution in [2.45, 2.75) is 46.0 Å². The van der Waals surface area contributed by atoms with Gasteiger partial charge in [0.1, 0.15) is 0 Å². The van der Waals surface area contributed by atoms with Gasteiger partial charge in [0.2, 0.25) is 0 Å². The third-order valence-electron chi connectivity index (χ3n) is 3.51. The van der Waals surface area contributed by atoms with Gasteiger partial charge >= 0.3 is 66.4 Å². The Labute approximate surface area is 170 Å². The molecule has 0 atom stereocenters. The average Bonchev–Trinajstić information content (AvgIpc) is 2.49. The first-order valence-electron chi connectivity index (χ1n) is 6.47. The van der Waals surface area contributed by atoms with Gasteiger partial charge < -0.3 is 0 Å². The van der Waals surface area contributed by atoms with Crippen LogP contribution in [-0.2, 0) is 10.1 Å². The van der Waals surface area contributed by atoms with E-state index in [4.69, 9.17) is 4.55 Å². The maximum Gasteiger partial charge on any atom is 0.450 e. The first-order chi connectivity index (χ1) is 13.7. The van der Waals surface area contributed by atoms with Crippen LogP contribution in [0.1, 0.15) is 0 Å². The van der Waals surface area contributed by atoms with Gasteiger partial charge in [-0.05, 0) is 0 Å². The summed E-state index contributed by atoms with van der Waals surface area (Å²) in [7, 11) is -21.7. The molecule has 0 saturated heterocycles. The molecule has 0 aromatic rings. The molecular formula is C8HF21O3S2. The number of hydrogen-bond donors (Lipinski definition) is 1. The van der Waals surface area contributed by atoms with Crippen molar-refractivity contribution in [2.24, 2.45) is 0 Å². The highest BCUT2D eigenvalue weighted by molar-refractivity contribution is 8.46. The van der Waals surface area contributed by atoms with E-state index >= 15 is 0 Å². The van der Waals surface area contributed by atoms with E-state index in [2.05, 4.69) is 0 Å². The molecule has 0 bridgehead atoms. The van der Waals surface area contributed by atoms with E-state index in [9.17, 15) is 98.1 Å². The number of hydrogen-bond acceptors (Lipinski definition) is 2. The van der Waals surface area contributed by atoms with Crippen LogP contribution in [0.4, 0.5) is 89.7 Å². The fraction of sp³-hybridized carbons (Fsp3) is 1.00. The van der Waals surface area contributed by atoms with Gasteiger partial charge in [-0.25, -0.2) is 0 Å². The lowest BCUT2D eigenvalue weighted by Gasteiger charge is -2.50. The molecule has 0 radical (unpaired) electrons. The van der Waals surface area contributed by atoms with E-state index < -0.39 is 66.4 Å². The molecule has 0 unspecified atom stereocenters. The van der Waals surface area contributed by atoms with Crippen molar-refractivity contribution in [3.05, 3.63) is 0 Å². The molecule has 1 N–H and O–H groups in total. The summed E-state index contributed by atoms with van der Waals surface area (Å²) >= 11 is 0. The second kappa shape index (κ2) is 6.56. The van der Waals surface area contributed by atoms with Crippen molar-refractivity contribution >= 4 is 20.3 Å². The highest BCUT2D eigenvalue weighted by Gasteiger charge is 3.02. The van der Waals surface area contributed by atoms with E-state index in [1.807, 2.05) is 0 Å². The highest BCUT2D eigenvalue weighted by atomic mass is 32.5. The minimum absolute atomic E-state index is 7.66. The Hall–Kier alpha value is -1.21. The lowest BCUT2D eigenvalue weighted by atomic mass is 9.91. The van der Waals surface area contributed by atoms with Crippen LogP contribution >= 0.6 is 10.2 Å². The van der Waals surface area contributed by atoms with Crippen LogP contribution in [-0.4, -0.2) is 59.0 Å². The van der Waals surface area contributed by atoms with Gasteiger partial charge in [-0.1, -0.05) is 19.4 Å². The van der Waals surface area contributed by atoms with Gasteiger partial charge in [0, 0.05) is 0 Å². The molecule has 0 amide bonds. The van der Waals surface area contributed by atoms with Crippen LogP contribution in [0, 0.1) is 0 Å². The van der Waals surface area contributed by atoms with E-state index in [0.29, 0.717) is 0 Å². The van der Waals surface area contributed by atoms with Crippen molar-refractivity contribution in [3.8, 4) is 0 Å². The third-order valence-corrected chi connectivity index (χ3v) is 5.64. The number of rotatable bonds is 9. The van der Waals surface area contributed by atoms with Gasteiger partial charge in [-0.3, -0.25) is 4.55 Å². The molecule has 0 aliphatic heterocycles. The Morgan fingerprint density at radius 2 is 0.647 bits per heavy atom. The summed E-state index contributed by atoms with van der Waals surface area (Å²) in [6.45, 7) is 0. The molecule has 0 heterocycles.